The second kappa shape index (κ2) is 4.75. The summed E-state index contributed by atoms with van der Waals surface area (Å²) in [5.74, 6) is -0.0251. The third-order valence-electron chi connectivity index (χ3n) is 3.28. The first-order chi connectivity index (χ1) is 9.60. The van der Waals surface area contributed by atoms with Crippen molar-refractivity contribution in [2.24, 2.45) is 0 Å². The summed E-state index contributed by atoms with van der Waals surface area (Å²) in [5, 5.41) is 0.0293. The molecule has 0 amide bonds. The van der Waals surface area contributed by atoms with E-state index in [0.717, 1.165) is 0 Å². The van der Waals surface area contributed by atoms with Crippen molar-refractivity contribution in [3.05, 3.63) is 42.4 Å². The van der Waals surface area contributed by atoms with Crippen LogP contribution in [0.25, 0.3) is 0 Å². The van der Waals surface area contributed by atoms with Crippen molar-refractivity contribution in [1.82, 2.24) is 9.97 Å². The second-order valence-electron chi connectivity index (χ2n) is 4.54. The molecule has 1 aromatic heterocycles. The largest absolute Gasteiger partial charge is 0.334 e. The van der Waals surface area contributed by atoms with E-state index in [4.69, 9.17) is 0 Å². The number of benzene rings is 1. The zero-order valence-electron chi connectivity index (χ0n) is 10.6. The third kappa shape index (κ3) is 2.00. The van der Waals surface area contributed by atoms with Gasteiger partial charge >= 0.3 is 0 Å². The summed E-state index contributed by atoms with van der Waals surface area (Å²) in [4.78, 5) is 18.4. The summed E-state index contributed by atoms with van der Waals surface area (Å²) in [6.07, 6.45) is 3.44. The standard InChI is InChI=1S/C13H13N3O3S/c17-12-6-3-7-16(11-5-2-1-4-10(11)12)20(18,19)13-8-14-9-15-13/h1-2,4-5,8-9H,3,6-7H2,(H,14,15). The lowest BCUT2D eigenvalue weighted by Gasteiger charge is -2.23. The number of aromatic amines is 1. The molecule has 0 unspecified atom stereocenters. The van der Waals surface area contributed by atoms with Crippen LogP contribution in [0.15, 0.2) is 41.8 Å². The van der Waals surface area contributed by atoms with Crippen LogP contribution in [0.3, 0.4) is 0 Å². The number of nitrogens with zero attached hydrogens (tertiary/aromatic N) is 2. The van der Waals surface area contributed by atoms with Gasteiger partial charge in [0.25, 0.3) is 10.0 Å². The number of carbonyl (C=O) groups is 1. The molecule has 0 fully saturated rings. The predicted molar refractivity (Wildman–Crippen MR) is 73.1 cm³/mol. The van der Waals surface area contributed by atoms with Gasteiger partial charge in [-0.15, -0.1) is 0 Å². The Morgan fingerprint density at radius 2 is 2.05 bits per heavy atom. The number of rotatable bonds is 2. The molecule has 0 saturated heterocycles. The van der Waals surface area contributed by atoms with Crippen molar-refractivity contribution in [3.8, 4) is 0 Å². The molecule has 0 bridgehead atoms. The highest BCUT2D eigenvalue weighted by molar-refractivity contribution is 7.92. The molecule has 6 nitrogen and oxygen atoms in total. The van der Waals surface area contributed by atoms with Crippen LogP contribution in [-0.4, -0.2) is 30.7 Å². The molecule has 3 rings (SSSR count). The van der Waals surface area contributed by atoms with E-state index in [0.29, 0.717) is 24.1 Å². The number of aromatic nitrogens is 2. The van der Waals surface area contributed by atoms with Crippen LogP contribution in [0.4, 0.5) is 5.69 Å². The van der Waals surface area contributed by atoms with Crippen LogP contribution in [0, 0.1) is 0 Å². The van der Waals surface area contributed by atoms with E-state index < -0.39 is 10.0 Å². The van der Waals surface area contributed by atoms with Crippen molar-refractivity contribution in [1.29, 1.82) is 0 Å². The molecule has 2 heterocycles. The van der Waals surface area contributed by atoms with Gasteiger partial charge in [-0.25, -0.2) is 4.98 Å². The number of hydrogen-bond acceptors (Lipinski definition) is 4. The van der Waals surface area contributed by atoms with Gasteiger partial charge in [-0.05, 0) is 18.6 Å². The molecule has 20 heavy (non-hydrogen) atoms. The van der Waals surface area contributed by atoms with Crippen LogP contribution in [0.5, 0.6) is 0 Å². The lowest BCUT2D eigenvalue weighted by atomic mass is 10.1. The number of sulfonamides is 1. The van der Waals surface area contributed by atoms with E-state index in [1.54, 1.807) is 24.3 Å². The van der Waals surface area contributed by atoms with E-state index in [1.807, 2.05) is 0 Å². The number of Topliss-reactive ketones (excluding diaryl/α,β-unsaturated/α-hetero) is 1. The molecule has 2 aromatic rings. The molecule has 1 aliphatic rings. The van der Waals surface area contributed by atoms with Gasteiger partial charge in [0.05, 0.1) is 18.2 Å². The number of carbonyl (C=O) groups excluding carboxylic acids is 1. The van der Waals surface area contributed by atoms with Gasteiger partial charge in [0.2, 0.25) is 0 Å². The molecule has 0 aliphatic carbocycles. The van der Waals surface area contributed by atoms with E-state index >= 15 is 0 Å². The maximum Gasteiger partial charge on any atom is 0.281 e. The van der Waals surface area contributed by atoms with Crippen molar-refractivity contribution < 1.29 is 13.2 Å². The van der Waals surface area contributed by atoms with Gasteiger partial charge in [-0.3, -0.25) is 9.10 Å². The molecule has 1 aromatic carbocycles. The molecule has 1 N–H and O–H groups in total. The van der Waals surface area contributed by atoms with Crippen LogP contribution in [0.1, 0.15) is 23.2 Å². The molecule has 104 valence electrons. The van der Waals surface area contributed by atoms with Gasteiger partial charge in [0.1, 0.15) is 0 Å². The topological polar surface area (TPSA) is 83.1 Å². The monoisotopic (exact) mass is 291 g/mol. The number of hydrogen-bond donors (Lipinski definition) is 1. The average molecular weight is 291 g/mol. The minimum Gasteiger partial charge on any atom is -0.334 e. The summed E-state index contributed by atoms with van der Waals surface area (Å²) in [7, 11) is -3.72. The first-order valence-corrected chi connectivity index (χ1v) is 7.68. The fourth-order valence-electron chi connectivity index (χ4n) is 2.32. The van der Waals surface area contributed by atoms with Crippen LogP contribution in [0.2, 0.25) is 0 Å². The first kappa shape index (κ1) is 12.9. The Bertz CT molecular complexity index is 738. The van der Waals surface area contributed by atoms with Crippen molar-refractivity contribution in [2.75, 3.05) is 10.8 Å². The number of anilines is 1. The number of ketones is 1. The number of fused-ring (bicyclic) bond motifs is 1. The molecular formula is C13H13N3O3S. The van der Waals surface area contributed by atoms with Crippen molar-refractivity contribution in [3.63, 3.8) is 0 Å². The molecule has 0 atom stereocenters. The maximum atomic E-state index is 12.6. The highest BCUT2D eigenvalue weighted by atomic mass is 32.2. The Morgan fingerprint density at radius 1 is 1.25 bits per heavy atom. The fourth-order valence-corrected chi connectivity index (χ4v) is 3.74. The summed E-state index contributed by atoms with van der Waals surface area (Å²) in [5.41, 5.74) is 0.887. The molecule has 0 spiro atoms. The van der Waals surface area contributed by atoms with Crippen molar-refractivity contribution >= 4 is 21.5 Å². The van der Waals surface area contributed by atoms with E-state index in [2.05, 4.69) is 9.97 Å². The summed E-state index contributed by atoms with van der Waals surface area (Å²) in [6, 6.07) is 6.79. The van der Waals surface area contributed by atoms with Gasteiger partial charge in [0.15, 0.2) is 10.8 Å². The molecule has 1 aliphatic heterocycles. The van der Waals surface area contributed by atoms with Gasteiger partial charge in [-0.1, -0.05) is 12.1 Å². The summed E-state index contributed by atoms with van der Waals surface area (Å²) >= 11 is 0. The van der Waals surface area contributed by atoms with Gasteiger partial charge < -0.3 is 4.98 Å². The average Bonchev–Trinajstić information content (AvgIpc) is 2.93. The van der Waals surface area contributed by atoms with Gasteiger partial charge in [-0.2, -0.15) is 8.42 Å². The lowest BCUT2D eigenvalue weighted by Crippen LogP contribution is -2.32. The summed E-state index contributed by atoms with van der Waals surface area (Å²) in [6.45, 7) is 0.282. The summed E-state index contributed by atoms with van der Waals surface area (Å²) < 4.78 is 26.5. The number of para-hydroxylation sites is 1. The quantitative estimate of drug-likeness (QED) is 0.910. The zero-order chi connectivity index (χ0) is 14.2. The number of H-pyrrole nitrogens is 1. The van der Waals surface area contributed by atoms with Crippen LogP contribution >= 0.6 is 0 Å². The molecule has 0 radical (unpaired) electrons. The lowest BCUT2D eigenvalue weighted by molar-refractivity contribution is 0.0984. The zero-order valence-corrected chi connectivity index (χ0v) is 11.4. The first-order valence-electron chi connectivity index (χ1n) is 6.24. The Kier molecular flexibility index (Phi) is 3.06. The Balaban J connectivity index is 2.15. The van der Waals surface area contributed by atoms with Crippen LogP contribution in [-0.2, 0) is 10.0 Å². The molecule has 7 heteroatoms. The van der Waals surface area contributed by atoms with Crippen LogP contribution < -0.4 is 4.31 Å². The van der Waals surface area contributed by atoms with E-state index in [-0.39, 0.29) is 17.4 Å². The smallest absolute Gasteiger partial charge is 0.281 e. The molecule has 0 saturated carbocycles. The van der Waals surface area contributed by atoms with E-state index in [1.165, 1.54) is 16.8 Å². The van der Waals surface area contributed by atoms with Gasteiger partial charge in [0, 0.05) is 18.5 Å². The fraction of sp³-hybridized carbons (Fsp3) is 0.231. The number of imidazole rings is 1. The SMILES string of the molecule is O=C1CCCN(S(=O)(=O)c2cnc[nH]2)c2ccccc21. The maximum absolute atomic E-state index is 12.6. The highest BCUT2D eigenvalue weighted by Crippen LogP contribution is 2.30. The third-order valence-corrected chi connectivity index (χ3v) is 5.02. The Hall–Kier alpha value is -2.15. The minimum absolute atomic E-state index is 0.0251. The Morgan fingerprint density at radius 3 is 2.80 bits per heavy atom. The molecular weight excluding hydrogens is 278 g/mol. The number of nitrogens with one attached hydrogen (secondary N) is 1. The second-order valence-corrected chi connectivity index (χ2v) is 6.37. The Labute approximate surface area is 116 Å². The minimum atomic E-state index is -3.72. The van der Waals surface area contributed by atoms with Crippen molar-refractivity contribution in [2.45, 2.75) is 17.9 Å². The van der Waals surface area contributed by atoms with E-state index in [9.17, 15) is 13.2 Å². The highest BCUT2D eigenvalue weighted by Gasteiger charge is 2.30. The predicted octanol–water partition coefficient (Wildman–Crippen LogP) is 1.58. The normalized spacial score (nSPS) is 15.8.